The molecule has 2 aromatic rings. The number of aryl methyl sites for hydroxylation is 1. The van der Waals surface area contributed by atoms with Crippen LogP contribution in [0.3, 0.4) is 0 Å². The number of carbonyl (C=O) groups excluding carboxylic acids is 1. The van der Waals surface area contributed by atoms with Gasteiger partial charge in [-0.1, -0.05) is 50.8 Å². The Bertz CT molecular complexity index is 644. The highest BCUT2D eigenvalue weighted by Crippen LogP contribution is 2.18. The van der Waals surface area contributed by atoms with Crippen LogP contribution in [0.2, 0.25) is 0 Å². The first-order valence-corrected chi connectivity index (χ1v) is 7.71. The van der Waals surface area contributed by atoms with Crippen molar-refractivity contribution in [2.45, 2.75) is 39.8 Å². The number of hydrogen-bond acceptors (Lipinski definition) is 2. The van der Waals surface area contributed by atoms with Crippen LogP contribution in [0.25, 0.3) is 0 Å². The van der Waals surface area contributed by atoms with Gasteiger partial charge in [-0.15, -0.1) is 0 Å². The van der Waals surface area contributed by atoms with Gasteiger partial charge in [-0.2, -0.15) is 5.10 Å². The minimum atomic E-state index is -0.153. The van der Waals surface area contributed by atoms with Gasteiger partial charge in [-0.3, -0.25) is 9.48 Å². The van der Waals surface area contributed by atoms with Crippen LogP contribution in [-0.2, 0) is 30.7 Å². The largest absolute Gasteiger partial charge is 0.348 e. The van der Waals surface area contributed by atoms with E-state index >= 15 is 0 Å². The lowest BCUT2D eigenvalue weighted by Crippen LogP contribution is -2.21. The highest BCUT2D eigenvalue weighted by molar-refractivity contribution is 5.86. The van der Waals surface area contributed by atoms with Crippen molar-refractivity contribution >= 4 is 5.91 Å². The fourth-order valence-corrected chi connectivity index (χ4v) is 2.61. The van der Waals surface area contributed by atoms with E-state index in [-0.39, 0.29) is 5.91 Å². The predicted molar refractivity (Wildman–Crippen MR) is 88.6 cm³/mol. The van der Waals surface area contributed by atoms with Crippen molar-refractivity contribution in [2.24, 2.45) is 0 Å². The molecule has 0 aliphatic heterocycles. The minimum Gasteiger partial charge on any atom is -0.348 e. The third-order valence-corrected chi connectivity index (χ3v) is 3.72. The molecule has 0 saturated heterocycles. The van der Waals surface area contributed by atoms with Gasteiger partial charge in [0.1, 0.15) is 0 Å². The van der Waals surface area contributed by atoms with Crippen LogP contribution in [-0.4, -0.2) is 15.7 Å². The van der Waals surface area contributed by atoms with Gasteiger partial charge in [-0.05, 0) is 24.5 Å². The van der Waals surface area contributed by atoms with E-state index in [0.29, 0.717) is 6.54 Å². The van der Waals surface area contributed by atoms with Gasteiger partial charge in [0.2, 0.25) is 5.91 Å². The molecule has 4 nitrogen and oxygen atoms in total. The SMILES string of the molecule is C=CC(=O)NCc1c(CC)nn(Cc2ccccc2)c1CC. The molecule has 116 valence electrons. The zero-order valence-corrected chi connectivity index (χ0v) is 13.3. The number of nitrogens with zero attached hydrogens (tertiary/aromatic N) is 2. The first-order valence-electron chi connectivity index (χ1n) is 7.71. The van der Waals surface area contributed by atoms with Gasteiger partial charge in [0.15, 0.2) is 0 Å². The van der Waals surface area contributed by atoms with E-state index in [1.807, 2.05) is 18.2 Å². The highest BCUT2D eigenvalue weighted by Gasteiger charge is 2.15. The molecule has 1 aromatic carbocycles. The molecule has 1 aromatic heterocycles. The summed E-state index contributed by atoms with van der Waals surface area (Å²) in [6, 6.07) is 10.3. The fraction of sp³-hybridized carbons (Fsp3) is 0.333. The number of carbonyl (C=O) groups is 1. The molecular formula is C18H23N3O. The number of nitrogens with one attached hydrogen (secondary N) is 1. The first-order chi connectivity index (χ1) is 10.7. The van der Waals surface area contributed by atoms with E-state index in [0.717, 1.165) is 30.6 Å². The maximum atomic E-state index is 11.4. The van der Waals surface area contributed by atoms with Crippen LogP contribution in [0.1, 0.15) is 36.4 Å². The summed E-state index contributed by atoms with van der Waals surface area (Å²) >= 11 is 0. The van der Waals surface area contributed by atoms with Crippen molar-refractivity contribution in [3.05, 3.63) is 65.5 Å². The average molecular weight is 297 g/mol. The van der Waals surface area contributed by atoms with Gasteiger partial charge >= 0.3 is 0 Å². The van der Waals surface area contributed by atoms with Crippen molar-refractivity contribution in [1.29, 1.82) is 0 Å². The smallest absolute Gasteiger partial charge is 0.243 e. The van der Waals surface area contributed by atoms with E-state index in [2.05, 4.69) is 42.6 Å². The Labute approximate surface area is 131 Å². The Hall–Kier alpha value is -2.36. The molecule has 0 radical (unpaired) electrons. The van der Waals surface area contributed by atoms with Crippen molar-refractivity contribution in [2.75, 3.05) is 0 Å². The van der Waals surface area contributed by atoms with Crippen LogP contribution < -0.4 is 5.32 Å². The lowest BCUT2D eigenvalue weighted by Gasteiger charge is -2.08. The number of aromatic nitrogens is 2. The van der Waals surface area contributed by atoms with Gasteiger partial charge in [0.05, 0.1) is 12.2 Å². The topological polar surface area (TPSA) is 46.9 Å². The zero-order valence-electron chi connectivity index (χ0n) is 13.3. The summed E-state index contributed by atoms with van der Waals surface area (Å²) in [5, 5.41) is 7.60. The molecule has 1 heterocycles. The van der Waals surface area contributed by atoms with E-state index < -0.39 is 0 Å². The van der Waals surface area contributed by atoms with Crippen molar-refractivity contribution in [3.8, 4) is 0 Å². The molecule has 0 atom stereocenters. The Morgan fingerprint density at radius 1 is 1.27 bits per heavy atom. The molecule has 0 unspecified atom stereocenters. The quantitative estimate of drug-likeness (QED) is 0.799. The van der Waals surface area contributed by atoms with Gasteiger partial charge in [-0.25, -0.2) is 0 Å². The molecule has 1 N–H and O–H groups in total. The summed E-state index contributed by atoms with van der Waals surface area (Å²) in [6.45, 7) is 8.96. The summed E-state index contributed by atoms with van der Waals surface area (Å²) in [5.74, 6) is -0.153. The van der Waals surface area contributed by atoms with Crippen molar-refractivity contribution < 1.29 is 4.79 Å². The normalized spacial score (nSPS) is 10.5. The Balaban J connectivity index is 2.28. The summed E-state index contributed by atoms with van der Waals surface area (Å²) < 4.78 is 2.06. The number of rotatable bonds is 7. The van der Waals surface area contributed by atoms with E-state index in [4.69, 9.17) is 5.10 Å². The lowest BCUT2D eigenvalue weighted by molar-refractivity contribution is -0.116. The molecule has 0 fully saturated rings. The third kappa shape index (κ3) is 3.64. The van der Waals surface area contributed by atoms with E-state index in [1.165, 1.54) is 17.3 Å². The molecule has 4 heteroatoms. The molecule has 0 spiro atoms. The van der Waals surface area contributed by atoms with Gasteiger partial charge < -0.3 is 5.32 Å². The molecule has 2 rings (SSSR count). The summed E-state index contributed by atoms with van der Waals surface area (Å²) in [6.07, 6.45) is 3.04. The van der Waals surface area contributed by atoms with Crippen LogP contribution in [0.5, 0.6) is 0 Å². The summed E-state index contributed by atoms with van der Waals surface area (Å²) in [7, 11) is 0. The third-order valence-electron chi connectivity index (χ3n) is 3.72. The highest BCUT2D eigenvalue weighted by atomic mass is 16.1. The molecule has 0 saturated carbocycles. The maximum Gasteiger partial charge on any atom is 0.243 e. The predicted octanol–water partition coefficient (Wildman–Crippen LogP) is 2.86. The molecule has 1 amide bonds. The Morgan fingerprint density at radius 3 is 2.59 bits per heavy atom. The van der Waals surface area contributed by atoms with Crippen LogP contribution in [0.4, 0.5) is 0 Å². The number of hydrogen-bond donors (Lipinski definition) is 1. The molecule has 0 aliphatic carbocycles. The van der Waals surface area contributed by atoms with Gasteiger partial charge in [0, 0.05) is 17.8 Å². The van der Waals surface area contributed by atoms with E-state index in [9.17, 15) is 4.79 Å². The summed E-state index contributed by atoms with van der Waals surface area (Å²) in [5.41, 5.74) is 4.60. The standard InChI is InChI=1S/C18H23N3O/c1-4-16-15(12-19-18(22)6-3)17(5-2)21(20-16)13-14-10-8-7-9-11-14/h6-11H,3-5,12-13H2,1-2H3,(H,19,22). The van der Waals surface area contributed by atoms with Crippen molar-refractivity contribution in [3.63, 3.8) is 0 Å². The number of amides is 1. The average Bonchev–Trinajstić information content (AvgIpc) is 2.89. The second kappa shape index (κ2) is 7.59. The second-order valence-electron chi connectivity index (χ2n) is 5.14. The molecule has 22 heavy (non-hydrogen) atoms. The number of benzene rings is 1. The lowest BCUT2D eigenvalue weighted by atomic mass is 10.1. The van der Waals surface area contributed by atoms with Crippen LogP contribution in [0, 0.1) is 0 Å². The molecule has 0 bridgehead atoms. The monoisotopic (exact) mass is 297 g/mol. The first kappa shape index (κ1) is 16.0. The van der Waals surface area contributed by atoms with Crippen molar-refractivity contribution in [1.82, 2.24) is 15.1 Å². The van der Waals surface area contributed by atoms with Gasteiger partial charge in [0.25, 0.3) is 0 Å². The Morgan fingerprint density at radius 2 is 2.00 bits per heavy atom. The van der Waals surface area contributed by atoms with Crippen LogP contribution in [0.15, 0.2) is 43.0 Å². The van der Waals surface area contributed by atoms with Crippen LogP contribution >= 0.6 is 0 Å². The molecular weight excluding hydrogens is 274 g/mol. The fourth-order valence-electron chi connectivity index (χ4n) is 2.61. The Kier molecular flexibility index (Phi) is 5.53. The summed E-state index contributed by atoms with van der Waals surface area (Å²) in [4.78, 5) is 11.4. The molecule has 0 aliphatic rings. The minimum absolute atomic E-state index is 0.153. The second-order valence-corrected chi connectivity index (χ2v) is 5.14. The zero-order chi connectivity index (χ0) is 15.9. The maximum absolute atomic E-state index is 11.4. The van der Waals surface area contributed by atoms with E-state index in [1.54, 1.807) is 0 Å².